The average Bonchev–Trinajstić information content (AvgIpc) is 3.14. The SMILES string of the molecule is Cc1nc(Nc2ccccc2OC(C)C)cc(C(=O)NCC2CCCO2)n1. The molecule has 1 aromatic heterocycles. The molecule has 0 saturated carbocycles. The van der Waals surface area contributed by atoms with Crippen molar-refractivity contribution in [1.29, 1.82) is 0 Å². The number of aryl methyl sites for hydroxylation is 1. The summed E-state index contributed by atoms with van der Waals surface area (Å²) in [6.07, 6.45) is 2.16. The number of amides is 1. The number of benzene rings is 1. The fraction of sp³-hybridized carbons (Fsp3) is 0.450. The number of aromatic nitrogens is 2. The van der Waals surface area contributed by atoms with E-state index < -0.39 is 0 Å². The van der Waals surface area contributed by atoms with Crippen LogP contribution in [0.2, 0.25) is 0 Å². The lowest BCUT2D eigenvalue weighted by atomic mass is 10.2. The van der Waals surface area contributed by atoms with Crippen molar-refractivity contribution in [2.75, 3.05) is 18.5 Å². The lowest BCUT2D eigenvalue weighted by molar-refractivity contribution is 0.0853. The van der Waals surface area contributed by atoms with Gasteiger partial charge in [0.05, 0.1) is 17.9 Å². The number of para-hydroxylation sites is 2. The van der Waals surface area contributed by atoms with Gasteiger partial charge in [-0.05, 0) is 45.7 Å². The van der Waals surface area contributed by atoms with Crippen molar-refractivity contribution in [3.05, 3.63) is 41.9 Å². The van der Waals surface area contributed by atoms with Crippen molar-refractivity contribution in [2.24, 2.45) is 0 Å². The van der Waals surface area contributed by atoms with Crippen LogP contribution in [-0.2, 0) is 4.74 Å². The molecule has 2 heterocycles. The molecule has 0 bridgehead atoms. The van der Waals surface area contributed by atoms with E-state index in [0.29, 0.717) is 23.9 Å². The Kier molecular flexibility index (Phi) is 6.24. The van der Waals surface area contributed by atoms with Gasteiger partial charge in [0.1, 0.15) is 23.1 Å². The molecule has 1 aromatic carbocycles. The number of nitrogens with zero attached hydrogens (tertiary/aromatic N) is 2. The van der Waals surface area contributed by atoms with Gasteiger partial charge in [-0.2, -0.15) is 0 Å². The summed E-state index contributed by atoms with van der Waals surface area (Å²) in [5.74, 6) is 1.56. The van der Waals surface area contributed by atoms with E-state index in [1.54, 1.807) is 13.0 Å². The zero-order valence-corrected chi connectivity index (χ0v) is 16.0. The number of nitrogens with one attached hydrogen (secondary N) is 2. The van der Waals surface area contributed by atoms with Crippen LogP contribution in [0.3, 0.4) is 0 Å². The van der Waals surface area contributed by atoms with E-state index >= 15 is 0 Å². The number of ether oxygens (including phenoxy) is 2. The van der Waals surface area contributed by atoms with Gasteiger partial charge in [-0.25, -0.2) is 9.97 Å². The summed E-state index contributed by atoms with van der Waals surface area (Å²) in [6, 6.07) is 9.28. The van der Waals surface area contributed by atoms with Crippen LogP contribution in [0.5, 0.6) is 5.75 Å². The first-order chi connectivity index (χ1) is 13.0. The molecule has 1 aliphatic heterocycles. The van der Waals surface area contributed by atoms with Crippen LogP contribution in [0.25, 0.3) is 0 Å². The first-order valence-electron chi connectivity index (χ1n) is 9.29. The number of rotatable bonds is 7. The van der Waals surface area contributed by atoms with Gasteiger partial charge in [0.25, 0.3) is 5.91 Å². The maximum Gasteiger partial charge on any atom is 0.270 e. The van der Waals surface area contributed by atoms with E-state index in [0.717, 1.165) is 30.9 Å². The van der Waals surface area contributed by atoms with Crippen molar-refractivity contribution in [3.63, 3.8) is 0 Å². The molecular formula is C20H26N4O3. The molecule has 144 valence electrons. The minimum Gasteiger partial charge on any atom is -0.489 e. The molecule has 1 amide bonds. The molecule has 1 atom stereocenters. The maximum atomic E-state index is 12.5. The van der Waals surface area contributed by atoms with Crippen LogP contribution in [-0.4, -0.2) is 41.2 Å². The Labute approximate surface area is 159 Å². The molecule has 1 saturated heterocycles. The van der Waals surface area contributed by atoms with Gasteiger partial charge in [0.15, 0.2) is 0 Å². The number of hydrogen-bond donors (Lipinski definition) is 2. The van der Waals surface area contributed by atoms with Crippen LogP contribution < -0.4 is 15.4 Å². The molecule has 3 rings (SSSR count). The lowest BCUT2D eigenvalue weighted by Crippen LogP contribution is -2.32. The Balaban J connectivity index is 1.72. The van der Waals surface area contributed by atoms with Crippen LogP contribution in [0, 0.1) is 6.92 Å². The fourth-order valence-corrected chi connectivity index (χ4v) is 2.92. The molecule has 2 N–H and O–H groups in total. The summed E-state index contributed by atoms with van der Waals surface area (Å²) >= 11 is 0. The van der Waals surface area contributed by atoms with Gasteiger partial charge in [-0.3, -0.25) is 4.79 Å². The van der Waals surface area contributed by atoms with Gasteiger partial charge in [0.2, 0.25) is 0 Å². The molecule has 1 fully saturated rings. The Morgan fingerprint density at radius 3 is 2.89 bits per heavy atom. The van der Waals surface area contributed by atoms with E-state index in [4.69, 9.17) is 9.47 Å². The first kappa shape index (κ1) is 19.1. The molecule has 7 nitrogen and oxygen atoms in total. The normalized spacial score (nSPS) is 16.4. The number of anilines is 2. The Bertz CT molecular complexity index is 789. The molecule has 7 heteroatoms. The largest absolute Gasteiger partial charge is 0.489 e. The summed E-state index contributed by atoms with van der Waals surface area (Å²) in [4.78, 5) is 21.1. The third-order valence-corrected chi connectivity index (χ3v) is 4.10. The molecule has 27 heavy (non-hydrogen) atoms. The molecule has 0 aliphatic carbocycles. The standard InChI is InChI=1S/C20H26N4O3/c1-13(2)27-18-9-5-4-8-16(18)24-19-11-17(22-14(3)23-19)20(25)21-12-15-7-6-10-26-15/h4-5,8-9,11,13,15H,6-7,10,12H2,1-3H3,(H,21,25)(H,22,23,24). The van der Waals surface area contributed by atoms with E-state index in [-0.39, 0.29) is 18.1 Å². The molecule has 0 spiro atoms. The highest BCUT2D eigenvalue weighted by Crippen LogP contribution is 2.27. The molecule has 1 aliphatic rings. The summed E-state index contributed by atoms with van der Waals surface area (Å²) < 4.78 is 11.4. The number of carbonyl (C=O) groups is 1. The molecular weight excluding hydrogens is 344 g/mol. The second-order valence-electron chi connectivity index (χ2n) is 6.82. The second kappa shape index (κ2) is 8.81. The van der Waals surface area contributed by atoms with Crippen molar-refractivity contribution in [1.82, 2.24) is 15.3 Å². The van der Waals surface area contributed by atoms with Crippen LogP contribution in [0.15, 0.2) is 30.3 Å². The van der Waals surface area contributed by atoms with Crippen LogP contribution in [0.1, 0.15) is 43.0 Å². The monoisotopic (exact) mass is 370 g/mol. The van der Waals surface area contributed by atoms with Gasteiger partial charge in [-0.1, -0.05) is 12.1 Å². The van der Waals surface area contributed by atoms with Gasteiger partial charge in [-0.15, -0.1) is 0 Å². The van der Waals surface area contributed by atoms with Crippen molar-refractivity contribution >= 4 is 17.4 Å². The molecule has 1 unspecified atom stereocenters. The molecule has 2 aromatic rings. The fourth-order valence-electron chi connectivity index (χ4n) is 2.92. The van der Waals surface area contributed by atoms with Crippen molar-refractivity contribution in [2.45, 2.75) is 45.8 Å². The zero-order chi connectivity index (χ0) is 19.2. The Morgan fingerprint density at radius 1 is 1.33 bits per heavy atom. The highest BCUT2D eigenvalue weighted by Gasteiger charge is 2.18. The minimum atomic E-state index is -0.231. The van der Waals surface area contributed by atoms with Gasteiger partial charge < -0.3 is 20.1 Å². The van der Waals surface area contributed by atoms with Crippen LogP contribution >= 0.6 is 0 Å². The van der Waals surface area contributed by atoms with Gasteiger partial charge >= 0.3 is 0 Å². The second-order valence-corrected chi connectivity index (χ2v) is 6.82. The van der Waals surface area contributed by atoms with E-state index in [2.05, 4.69) is 20.6 Å². The third kappa shape index (κ3) is 5.40. The van der Waals surface area contributed by atoms with Gasteiger partial charge in [0, 0.05) is 19.2 Å². The zero-order valence-electron chi connectivity index (χ0n) is 16.0. The predicted molar refractivity (Wildman–Crippen MR) is 104 cm³/mol. The third-order valence-electron chi connectivity index (χ3n) is 4.10. The number of carbonyl (C=O) groups excluding carboxylic acids is 1. The van der Waals surface area contributed by atoms with Crippen molar-refractivity contribution in [3.8, 4) is 5.75 Å². The lowest BCUT2D eigenvalue weighted by Gasteiger charge is -2.16. The Hall–Kier alpha value is -2.67. The van der Waals surface area contributed by atoms with Crippen LogP contribution in [0.4, 0.5) is 11.5 Å². The smallest absolute Gasteiger partial charge is 0.270 e. The average molecular weight is 370 g/mol. The number of hydrogen-bond acceptors (Lipinski definition) is 6. The minimum absolute atomic E-state index is 0.0548. The van der Waals surface area contributed by atoms with E-state index in [1.807, 2.05) is 38.1 Å². The summed E-state index contributed by atoms with van der Waals surface area (Å²) in [7, 11) is 0. The topological polar surface area (TPSA) is 85.4 Å². The highest BCUT2D eigenvalue weighted by atomic mass is 16.5. The predicted octanol–water partition coefficient (Wildman–Crippen LogP) is 3.22. The van der Waals surface area contributed by atoms with E-state index in [1.165, 1.54) is 0 Å². The quantitative estimate of drug-likeness (QED) is 0.778. The Morgan fingerprint density at radius 2 is 2.15 bits per heavy atom. The summed E-state index contributed by atoms with van der Waals surface area (Å²) in [5.41, 5.74) is 1.11. The highest BCUT2D eigenvalue weighted by molar-refractivity contribution is 5.93. The summed E-state index contributed by atoms with van der Waals surface area (Å²) in [5, 5.41) is 6.12. The summed E-state index contributed by atoms with van der Waals surface area (Å²) in [6.45, 7) is 6.97. The first-order valence-corrected chi connectivity index (χ1v) is 9.29. The molecule has 0 radical (unpaired) electrons. The maximum absolute atomic E-state index is 12.5. The van der Waals surface area contributed by atoms with Crippen molar-refractivity contribution < 1.29 is 14.3 Å². The van der Waals surface area contributed by atoms with E-state index in [9.17, 15) is 4.79 Å².